The second-order valence-electron chi connectivity index (χ2n) is 3.70. The van der Waals surface area contributed by atoms with Gasteiger partial charge in [0, 0.05) is 20.1 Å². The van der Waals surface area contributed by atoms with Crippen LogP contribution >= 0.6 is 0 Å². The Bertz CT molecular complexity index is 392. The average molecular weight is 259 g/mol. The maximum absolute atomic E-state index is 13.3. The molecule has 0 spiro atoms. The summed E-state index contributed by atoms with van der Waals surface area (Å²) in [4.78, 5) is 11.2. The summed E-state index contributed by atoms with van der Waals surface area (Å²) in [5, 5.41) is 12.0. The lowest BCUT2D eigenvalue weighted by Crippen LogP contribution is -2.29. The number of methoxy groups -OCH3 is 1. The third kappa shape index (κ3) is 4.05. The van der Waals surface area contributed by atoms with E-state index in [4.69, 9.17) is 4.74 Å². The normalized spacial score (nSPS) is 12.2. The van der Waals surface area contributed by atoms with Crippen LogP contribution in [0.4, 0.5) is 8.78 Å². The Balaban J connectivity index is 2.55. The number of aliphatic hydroxyl groups is 1. The van der Waals surface area contributed by atoms with Gasteiger partial charge in [0.1, 0.15) is 17.7 Å². The molecule has 0 bridgehead atoms. The van der Waals surface area contributed by atoms with Crippen molar-refractivity contribution in [3.63, 3.8) is 0 Å². The highest BCUT2D eigenvalue weighted by Crippen LogP contribution is 2.19. The Labute approximate surface area is 104 Å². The number of halogens is 2. The first kappa shape index (κ1) is 14.5. The Kier molecular flexibility index (Phi) is 5.67. The second kappa shape index (κ2) is 7.03. The minimum atomic E-state index is -1.42. The van der Waals surface area contributed by atoms with E-state index < -0.39 is 23.3 Å². The zero-order chi connectivity index (χ0) is 13.5. The fourth-order valence-corrected chi connectivity index (χ4v) is 1.42. The molecule has 0 fully saturated rings. The van der Waals surface area contributed by atoms with Gasteiger partial charge >= 0.3 is 0 Å². The van der Waals surface area contributed by atoms with Crippen LogP contribution < -0.4 is 5.32 Å². The summed E-state index contributed by atoms with van der Waals surface area (Å²) in [7, 11) is 1.46. The number of carbonyl (C=O) groups is 1. The van der Waals surface area contributed by atoms with Crippen molar-refractivity contribution in [3.05, 3.63) is 35.4 Å². The molecule has 4 nitrogen and oxygen atoms in total. The highest BCUT2D eigenvalue weighted by molar-refractivity contribution is 5.75. The van der Waals surface area contributed by atoms with E-state index in [2.05, 4.69) is 5.32 Å². The number of aliphatic hydroxyl groups excluding tert-OH is 1. The molecule has 1 aromatic carbocycles. The molecule has 0 aliphatic heterocycles. The van der Waals surface area contributed by atoms with E-state index in [0.717, 1.165) is 12.1 Å². The van der Waals surface area contributed by atoms with E-state index in [0.29, 0.717) is 0 Å². The van der Waals surface area contributed by atoms with Crippen LogP contribution in [0.3, 0.4) is 0 Å². The van der Waals surface area contributed by atoms with Crippen LogP contribution in [0.5, 0.6) is 0 Å². The third-order valence-electron chi connectivity index (χ3n) is 2.36. The number of hydrogen-bond donors (Lipinski definition) is 2. The standard InChI is InChI=1S/C12H15F2NO3/c1-18-6-5-11(17)15-7-10(16)12-8(13)3-2-4-9(12)14/h2-4,10,16H,5-7H2,1H3,(H,15,17)/t10-/m0/s1. The summed E-state index contributed by atoms with van der Waals surface area (Å²) < 4.78 is 31.3. The van der Waals surface area contributed by atoms with Gasteiger partial charge < -0.3 is 15.2 Å². The van der Waals surface area contributed by atoms with Crippen molar-refractivity contribution in [3.8, 4) is 0 Å². The van der Waals surface area contributed by atoms with Crippen LogP contribution in [0, 0.1) is 11.6 Å². The van der Waals surface area contributed by atoms with E-state index in [1.165, 1.54) is 13.2 Å². The van der Waals surface area contributed by atoms with Gasteiger partial charge in [-0.15, -0.1) is 0 Å². The number of benzene rings is 1. The number of carbonyl (C=O) groups excluding carboxylic acids is 1. The van der Waals surface area contributed by atoms with Gasteiger partial charge in [-0.3, -0.25) is 4.79 Å². The van der Waals surface area contributed by atoms with Gasteiger partial charge in [0.05, 0.1) is 12.2 Å². The number of hydrogen-bond acceptors (Lipinski definition) is 3. The minimum absolute atomic E-state index is 0.128. The molecule has 18 heavy (non-hydrogen) atoms. The fourth-order valence-electron chi connectivity index (χ4n) is 1.42. The van der Waals surface area contributed by atoms with E-state index in [-0.39, 0.29) is 25.5 Å². The van der Waals surface area contributed by atoms with Gasteiger partial charge in [0.15, 0.2) is 0 Å². The molecule has 0 saturated heterocycles. The van der Waals surface area contributed by atoms with Gasteiger partial charge in [-0.2, -0.15) is 0 Å². The SMILES string of the molecule is COCCC(=O)NC[C@H](O)c1c(F)cccc1F. The average Bonchev–Trinajstić information content (AvgIpc) is 2.33. The first-order chi connectivity index (χ1) is 8.56. The van der Waals surface area contributed by atoms with Gasteiger partial charge in [-0.05, 0) is 12.1 Å². The van der Waals surface area contributed by atoms with E-state index in [9.17, 15) is 18.7 Å². The Morgan fingerprint density at radius 1 is 1.44 bits per heavy atom. The smallest absolute Gasteiger partial charge is 0.222 e. The first-order valence-electron chi connectivity index (χ1n) is 5.44. The molecule has 0 unspecified atom stereocenters. The molecule has 1 rings (SSSR count). The van der Waals surface area contributed by atoms with Crippen molar-refractivity contribution in [2.75, 3.05) is 20.3 Å². The van der Waals surface area contributed by atoms with Gasteiger partial charge in [0.2, 0.25) is 5.91 Å². The second-order valence-corrected chi connectivity index (χ2v) is 3.70. The van der Waals surface area contributed by atoms with E-state index in [1.54, 1.807) is 0 Å². The van der Waals surface area contributed by atoms with Crippen molar-refractivity contribution < 1.29 is 23.4 Å². The maximum atomic E-state index is 13.3. The molecule has 0 aliphatic carbocycles. The molecule has 1 aromatic rings. The quantitative estimate of drug-likeness (QED) is 0.805. The van der Waals surface area contributed by atoms with E-state index in [1.807, 2.05) is 0 Å². The van der Waals surface area contributed by atoms with E-state index >= 15 is 0 Å². The summed E-state index contributed by atoms with van der Waals surface area (Å²) in [6, 6.07) is 3.31. The molecule has 100 valence electrons. The Morgan fingerprint density at radius 2 is 2.06 bits per heavy atom. The number of nitrogens with one attached hydrogen (secondary N) is 1. The zero-order valence-electron chi connectivity index (χ0n) is 9.95. The van der Waals surface area contributed by atoms with Gasteiger partial charge in [0.25, 0.3) is 0 Å². The van der Waals surface area contributed by atoms with Crippen molar-refractivity contribution in [2.45, 2.75) is 12.5 Å². The highest BCUT2D eigenvalue weighted by Gasteiger charge is 2.18. The maximum Gasteiger partial charge on any atom is 0.222 e. The monoisotopic (exact) mass is 259 g/mol. The summed E-state index contributed by atoms with van der Waals surface area (Å²) >= 11 is 0. The summed E-state index contributed by atoms with van der Waals surface area (Å²) in [5.41, 5.74) is -0.440. The van der Waals surface area contributed by atoms with Gasteiger partial charge in [-0.25, -0.2) is 8.78 Å². The molecule has 1 amide bonds. The lowest BCUT2D eigenvalue weighted by molar-refractivity contribution is -0.122. The molecule has 0 radical (unpaired) electrons. The molecule has 0 aliphatic rings. The van der Waals surface area contributed by atoms with Crippen LogP contribution in [0.15, 0.2) is 18.2 Å². The van der Waals surface area contributed by atoms with Gasteiger partial charge in [-0.1, -0.05) is 6.07 Å². The summed E-state index contributed by atoms with van der Waals surface area (Å²) in [6.07, 6.45) is -1.29. The molecule has 1 atom stereocenters. The molecule has 2 N–H and O–H groups in total. The Hall–Kier alpha value is -1.53. The number of amides is 1. The minimum Gasteiger partial charge on any atom is -0.386 e. The number of rotatable bonds is 6. The molecule has 0 heterocycles. The lowest BCUT2D eigenvalue weighted by atomic mass is 10.1. The Morgan fingerprint density at radius 3 is 2.61 bits per heavy atom. The predicted molar refractivity (Wildman–Crippen MR) is 60.8 cm³/mol. The molecule has 0 saturated carbocycles. The van der Waals surface area contributed by atoms with Crippen LogP contribution in [-0.4, -0.2) is 31.3 Å². The lowest BCUT2D eigenvalue weighted by Gasteiger charge is -2.13. The van der Waals surface area contributed by atoms with Crippen LogP contribution in [0.2, 0.25) is 0 Å². The largest absolute Gasteiger partial charge is 0.386 e. The molecular formula is C12H15F2NO3. The number of ether oxygens (including phenoxy) is 1. The zero-order valence-corrected chi connectivity index (χ0v) is 9.95. The summed E-state index contributed by atoms with van der Waals surface area (Å²) in [6.45, 7) is -0.00358. The highest BCUT2D eigenvalue weighted by atomic mass is 19.1. The van der Waals surface area contributed by atoms with Crippen LogP contribution in [-0.2, 0) is 9.53 Å². The first-order valence-corrected chi connectivity index (χ1v) is 5.44. The van der Waals surface area contributed by atoms with Crippen molar-refractivity contribution >= 4 is 5.91 Å². The van der Waals surface area contributed by atoms with Crippen molar-refractivity contribution in [1.29, 1.82) is 0 Å². The topological polar surface area (TPSA) is 58.6 Å². The molecule has 0 aromatic heterocycles. The van der Waals surface area contributed by atoms with Crippen molar-refractivity contribution in [2.24, 2.45) is 0 Å². The molecular weight excluding hydrogens is 244 g/mol. The fraction of sp³-hybridized carbons (Fsp3) is 0.417. The third-order valence-corrected chi connectivity index (χ3v) is 2.36. The van der Waals surface area contributed by atoms with Crippen LogP contribution in [0.1, 0.15) is 18.1 Å². The molecule has 6 heteroatoms. The summed E-state index contributed by atoms with van der Waals surface area (Å²) in [5.74, 6) is -2.03. The van der Waals surface area contributed by atoms with Crippen LogP contribution in [0.25, 0.3) is 0 Å². The predicted octanol–water partition coefficient (Wildman–Crippen LogP) is 1.15. The van der Waals surface area contributed by atoms with Crippen molar-refractivity contribution in [1.82, 2.24) is 5.32 Å².